The van der Waals surface area contributed by atoms with Gasteiger partial charge >= 0.3 is 0 Å². The van der Waals surface area contributed by atoms with Gasteiger partial charge in [0.05, 0.1) is 6.54 Å². The van der Waals surface area contributed by atoms with Gasteiger partial charge in [-0.2, -0.15) is 0 Å². The first-order chi connectivity index (χ1) is 6.11. The summed E-state index contributed by atoms with van der Waals surface area (Å²) in [6, 6.07) is 0. The van der Waals surface area contributed by atoms with E-state index in [9.17, 15) is 9.59 Å². The Kier molecular flexibility index (Phi) is 5.30. The molecule has 1 aliphatic rings. The van der Waals surface area contributed by atoms with E-state index in [0.717, 1.165) is 6.54 Å². The molecule has 0 spiro atoms. The van der Waals surface area contributed by atoms with Crippen LogP contribution in [0.25, 0.3) is 0 Å². The summed E-state index contributed by atoms with van der Waals surface area (Å²) in [6.45, 7) is 7.10. The van der Waals surface area contributed by atoms with Gasteiger partial charge in [-0.3, -0.25) is 19.4 Å². The van der Waals surface area contributed by atoms with Gasteiger partial charge in [-0.05, 0) is 7.05 Å². The van der Waals surface area contributed by atoms with E-state index in [-0.39, 0.29) is 11.8 Å². The zero-order valence-corrected chi connectivity index (χ0v) is 8.83. The molecule has 76 valence electrons. The third-order valence-electron chi connectivity index (χ3n) is 1.79. The van der Waals surface area contributed by atoms with Gasteiger partial charge in [-0.15, -0.1) is 0 Å². The number of nitrogens with zero attached hydrogens (tertiary/aromatic N) is 2. The number of hydrogen-bond acceptors (Lipinski definition) is 3. The van der Waals surface area contributed by atoms with Gasteiger partial charge in [0.2, 0.25) is 11.8 Å². The highest BCUT2D eigenvalue weighted by molar-refractivity contribution is 5.95. The molecule has 0 aromatic rings. The van der Waals surface area contributed by atoms with Crippen molar-refractivity contribution in [3.8, 4) is 0 Å². The Balaban J connectivity index is 0.000000671. The Labute approximate surface area is 79.5 Å². The lowest BCUT2D eigenvalue weighted by Gasteiger charge is -2.29. The highest BCUT2D eigenvalue weighted by atomic mass is 16.2. The summed E-state index contributed by atoms with van der Waals surface area (Å²) in [5.41, 5.74) is 0. The quantitative estimate of drug-likeness (QED) is 0.547. The van der Waals surface area contributed by atoms with Crippen LogP contribution in [0.5, 0.6) is 0 Å². The van der Waals surface area contributed by atoms with Gasteiger partial charge in [0, 0.05) is 20.0 Å². The number of likely N-dealkylation sites (N-methyl/N-ethyl adjacent to an activating group) is 1. The molecule has 0 aromatic heterocycles. The number of rotatable bonds is 0. The number of carbonyl (C=O) groups is 2. The standard InChI is InChI=1S/C7H12N2O2.C2H6/c1-6(10)9-4-3-8(2)5-7(9)11;1-2/h3-5H2,1-2H3;1-2H3. The number of piperazine rings is 1. The lowest BCUT2D eigenvalue weighted by atomic mass is 10.3. The molecule has 0 aliphatic carbocycles. The van der Waals surface area contributed by atoms with Crippen molar-refractivity contribution in [3.63, 3.8) is 0 Å². The van der Waals surface area contributed by atoms with Crippen LogP contribution in [0.1, 0.15) is 20.8 Å². The van der Waals surface area contributed by atoms with E-state index in [2.05, 4.69) is 0 Å². The number of amides is 2. The predicted molar refractivity (Wildman–Crippen MR) is 51.2 cm³/mol. The minimum Gasteiger partial charge on any atom is -0.296 e. The lowest BCUT2D eigenvalue weighted by molar-refractivity contribution is -0.146. The Morgan fingerprint density at radius 2 is 1.85 bits per heavy atom. The SMILES string of the molecule is CC.CC(=O)N1CCN(C)CC1=O. The Morgan fingerprint density at radius 1 is 1.31 bits per heavy atom. The van der Waals surface area contributed by atoms with Crippen molar-refractivity contribution in [3.05, 3.63) is 0 Å². The van der Waals surface area contributed by atoms with Crippen molar-refractivity contribution in [2.45, 2.75) is 20.8 Å². The molecule has 0 radical (unpaired) electrons. The molecule has 4 heteroatoms. The number of imide groups is 1. The number of carbonyl (C=O) groups excluding carboxylic acids is 2. The van der Waals surface area contributed by atoms with Crippen LogP contribution in [-0.2, 0) is 9.59 Å². The smallest absolute Gasteiger partial charge is 0.243 e. The predicted octanol–water partition coefficient (Wildman–Crippen LogP) is 0.333. The number of hydrogen-bond donors (Lipinski definition) is 0. The summed E-state index contributed by atoms with van der Waals surface area (Å²) in [4.78, 5) is 25.1. The molecule has 0 atom stereocenters. The molecule has 0 aromatic carbocycles. The van der Waals surface area contributed by atoms with E-state index in [0.29, 0.717) is 13.1 Å². The average Bonchev–Trinajstić information content (AvgIpc) is 2.07. The highest BCUT2D eigenvalue weighted by Gasteiger charge is 2.23. The van der Waals surface area contributed by atoms with Crippen molar-refractivity contribution < 1.29 is 9.59 Å². The van der Waals surface area contributed by atoms with Gasteiger partial charge in [0.1, 0.15) is 0 Å². The molecule has 0 bridgehead atoms. The Hall–Kier alpha value is -0.900. The summed E-state index contributed by atoms with van der Waals surface area (Å²) < 4.78 is 0. The second kappa shape index (κ2) is 5.70. The molecule has 1 fully saturated rings. The first-order valence-electron chi connectivity index (χ1n) is 4.60. The van der Waals surface area contributed by atoms with Gasteiger partial charge in [0.25, 0.3) is 0 Å². The summed E-state index contributed by atoms with van der Waals surface area (Å²) in [6.07, 6.45) is 0. The Bertz CT molecular complexity index is 192. The van der Waals surface area contributed by atoms with Gasteiger partial charge in [0.15, 0.2) is 0 Å². The fraction of sp³-hybridized carbons (Fsp3) is 0.778. The molecule has 0 unspecified atom stereocenters. The molecule has 0 saturated carbocycles. The zero-order chi connectivity index (χ0) is 10.4. The molecular weight excluding hydrogens is 168 g/mol. The first kappa shape index (κ1) is 12.1. The van der Waals surface area contributed by atoms with Gasteiger partial charge in [-0.25, -0.2) is 0 Å². The van der Waals surface area contributed by atoms with Crippen LogP contribution < -0.4 is 0 Å². The summed E-state index contributed by atoms with van der Waals surface area (Å²) in [5, 5.41) is 0. The molecule has 13 heavy (non-hydrogen) atoms. The molecule has 1 heterocycles. The van der Waals surface area contributed by atoms with E-state index >= 15 is 0 Å². The maximum atomic E-state index is 11.1. The fourth-order valence-corrected chi connectivity index (χ4v) is 1.12. The monoisotopic (exact) mass is 186 g/mol. The minimum absolute atomic E-state index is 0.0914. The topological polar surface area (TPSA) is 40.6 Å². The highest BCUT2D eigenvalue weighted by Crippen LogP contribution is 2.00. The molecule has 0 N–H and O–H groups in total. The van der Waals surface area contributed by atoms with Crippen molar-refractivity contribution in [2.24, 2.45) is 0 Å². The molecular formula is C9H18N2O2. The van der Waals surface area contributed by atoms with Crippen LogP contribution in [0.15, 0.2) is 0 Å². The van der Waals surface area contributed by atoms with Crippen LogP contribution in [0, 0.1) is 0 Å². The van der Waals surface area contributed by atoms with Crippen molar-refractivity contribution >= 4 is 11.8 Å². The van der Waals surface area contributed by atoms with E-state index in [1.54, 1.807) is 0 Å². The average molecular weight is 186 g/mol. The second-order valence-corrected chi connectivity index (χ2v) is 2.80. The van der Waals surface area contributed by atoms with Crippen molar-refractivity contribution in [1.82, 2.24) is 9.80 Å². The van der Waals surface area contributed by atoms with E-state index in [1.807, 2.05) is 25.8 Å². The molecule has 1 rings (SSSR count). The maximum absolute atomic E-state index is 11.1. The molecule has 1 saturated heterocycles. The van der Waals surface area contributed by atoms with Crippen molar-refractivity contribution in [2.75, 3.05) is 26.7 Å². The Morgan fingerprint density at radius 3 is 2.23 bits per heavy atom. The third-order valence-corrected chi connectivity index (χ3v) is 1.79. The lowest BCUT2D eigenvalue weighted by Crippen LogP contribution is -2.50. The molecule has 2 amide bonds. The normalized spacial score (nSPS) is 17.8. The zero-order valence-electron chi connectivity index (χ0n) is 8.83. The van der Waals surface area contributed by atoms with Crippen LogP contribution >= 0.6 is 0 Å². The second-order valence-electron chi connectivity index (χ2n) is 2.80. The van der Waals surface area contributed by atoms with Gasteiger partial charge in [-0.1, -0.05) is 13.8 Å². The minimum atomic E-state index is -0.150. The van der Waals surface area contributed by atoms with Crippen molar-refractivity contribution in [1.29, 1.82) is 0 Å². The van der Waals surface area contributed by atoms with Crippen LogP contribution in [0.3, 0.4) is 0 Å². The molecule has 4 nitrogen and oxygen atoms in total. The summed E-state index contributed by atoms with van der Waals surface area (Å²) in [5.74, 6) is -0.241. The maximum Gasteiger partial charge on any atom is 0.243 e. The fourth-order valence-electron chi connectivity index (χ4n) is 1.12. The van der Waals surface area contributed by atoms with E-state index < -0.39 is 0 Å². The van der Waals surface area contributed by atoms with Gasteiger partial charge < -0.3 is 0 Å². The van der Waals surface area contributed by atoms with E-state index in [4.69, 9.17) is 0 Å². The summed E-state index contributed by atoms with van der Waals surface area (Å²) >= 11 is 0. The summed E-state index contributed by atoms with van der Waals surface area (Å²) in [7, 11) is 1.87. The van der Waals surface area contributed by atoms with Crippen LogP contribution in [-0.4, -0.2) is 48.3 Å². The van der Waals surface area contributed by atoms with Crippen LogP contribution in [0.4, 0.5) is 0 Å². The van der Waals surface area contributed by atoms with E-state index in [1.165, 1.54) is 11.8 Å². The van der Waals surface area contributed by atoms with Crippen LogP contribution in [0.2, 0.25) is 0 Å². The molecule has 1 aliphatic heterocycles. The first-order valence-corrected chi connectivity index (χ1v) is 4.60. The third kappa shape index (κ3) is 3.55. The largest absolute Gasteiger partial charge is 0.296 e.